The molecule has 0 aliphatic rings. The van der Waals surface area contributed by atoms with E-state index in [9.17, 15) is 13.2 Å². The highest BCUT2D eigenvalue weighted by molar-refractivity contribution is 7.89. The Labute approximate surface area is 166 Å². The first-order valence-corrected chi connectivity index (χ1v) is 10.2. The van der Waals surface area contributed by atoms with E-state index in [4.69, 9.17) is 0 Å². The first-order chi connectivity index (χ1) is 13.8. The fourth-order valence-corrected chi connectivity index (χ4v) is 4.42. The highest BCUT2D eigenvalue weighted by atomic mass is 32.2. The molecule has 0 saturated carbocycles. The predicted octanol–water partition coefficient (Wildman–Crippen LogP) is 0.971. The maximum absolute atomic E-state index is 13.1. The normalized spacial score (nSPS) is 12.1. The van der Waals surface area contributed by atoms with E-state index < -0.39 is 10.0 Å². The zero-order valence-corrected chi connectivity index (χ0v) is 16.9. The molecule has 150 valence electrons. The third kappa shape index (κ3) is 3.45. The van der Waals surface area contributed by atoms with Crippen LogP contribution in [0.3, 0.4) is 0 Å². The number of hydrogen-bond donors (Lipinski definition) is 1. The van der Waals surface area contributed by atoms with E-state index >= 15 is 0 Å². The topological polar surface area (TPSA) is 119 Å². The number of aryl methyl sites for hydroxylation is 2. The third-order valence-corrected chi connectivity index (χ3v) is 6.45. The largest absolute Gasteiger partial charge is 0.318 e. The van der Waals surface area contributed by atoms with Gasteiger partial charge in [0.25, 0.3) is 5.56 Å². The molecule has 0 spiro atoms. The van der Waals surface area contributed by atoms with Gasteiger partial charge >= 0.3 is 0 Å². The van der Waals surface area contributed by atoms with Gasteiger partial charge in [0, 0.05) is 31.7 Å². The lowest BCUT2D eigenvalue weighted by atomic mass is 10.2. The van der Waals surface area contributed by atoms with Gasteiger partial charge in [0.2, 0.25) is 10.0 Å². The summed E-state index contributed by atoms with van der Waals surface area (Å²) in [4.78, 5) is 12.0. The first kappa shape index (κ1) is 19.0. The summed E-state index contributed by atoms with van der Waals surface area (Å²) in [6, 6.07) is 6.64. The molecule has 0 radical (unpaired) electrons. The molecule has 0 bridgehead atoms. The molecule has 1 aromatic carbocycles. The quantitative estimate of drug-likeness (QED) is 0.521. The lowest BCUT2D eigenvalue weighted by Gasteiger charge is -2.16. The number of hydrogen-bond acceptors (Lipinski definition) is 6. The minimum Gasteiger partial charge on any atom is -0.318 e. The van der Waals surface area contributed by atoms with Crippen LogP contribution in [0.15, 0.2) is 52.5 Å². The molecule has 0 amide bonds. The van der Waals surface area contributed by atoms with Crippen LogP contribution in [0.2, 0.25) is 0 Å². The number of rotatable bonds is 5. The van der Waals surface area contributed by atoms with Crippen LogP contribution in [0.5, 0.6) is 0 Å². The summed E-state index contributed by atoms with van der Waals surface area (Å²) in [6.45, 7) is 1.86. The molecule has 4 aromatic rings. The average Bonchev–Trinajstić information content (AvgIpc) is 3.32. The van der Waals surface area contributed by atoms with Gasteiger partial charge < -0.3 is 4.57 Å². The molecule has 0 aliphatic heterocycles. The van der Waals surface area contributed by atoms with Crippen LogP contribution in [0, 0.1) is 6.92 Å². The number of H-pyrrole nitrogens is 1. The first-order valence-electron chi connectivity index (χ1n) is 8.74. The van der Waals surface area contributed by atoms with Crippen molar-refractivity contribution in [1.82, 2.24) is 34.1 Å². The van der Waals surface area contributed by atoms with Crippen molar-refractivity contribution in [2.24, 2.45) is 7.05 Å². The zero-order chi connectivity index (χ0) is 20.8. The van der Waals surface area contributed by atoms with E-state index in [2.05, 4.69) is 20.5 Å². The molecule has 29 heavy (non-hydrogen) atoms. The highest BCUT2D eigenvalue weighted by Gasteiger charge is 2.25. The fraction of sp³-hybridized carbons (Fsp3) is 0.222. The molecule has 11 heteroatoms. The monoisotopic (exact) mass is 413 g/mol. The van der Waals surface area contributed by atoms with Crippen molar-refractivity contribution < 1.29 is 8.42 Å². The molecule has 4 rings (SSSR count). The lowest BCUT2D eigenvalue weighted by Crippen LogP contribution is -2.27. The summed E-state index contributed by atoms with van der Waals surface area (Å²) in [5.74, 6) is 0. The van der Waals surface area contributed by atoms with Crippen LogP contribution in [-0.2, 0) is 23.6 Å². The highest BCUT2D eigenvalue weighted by Crippen LogP contribution is 2.26. The van der Waals surface area contributed by atoms with Crippen molar-refractivity contribution in [1.29, 1.82) is 0 Å². The smallest absolute Gasteiger partial charge is 0.252 e. The third-order valence-electron chi connectivity index (χ3n) is 4.62. The van der Waals surface area contributed by atoms with Crippen LogP contribution in [0.25, 0.3) is 16.6 Å². The molecule has 3 aromatic heterocycles. The number of aromatic nitrogens is 6. The van der Waals surface area contributed by atoms with Crippen LogP contribution in [-0.4, -0.2) is 49.5 Å². The number of benzene rings is 1. The second-order valence-electron chi connectivity index (χ2n) is 6.85. The minimum absolute atomic E-state index is 0.0246. The van der Waals surface area contributed by atoms with Crippen LogP contribution < -0.4 is 5.56 Å². The van der Waals surface area contributed by atoms with Gasteiger partial charge in [-0.15, -0.1) is 5.10 Å². The SMILES string of the molecule is Cc1cc(S(=O)(=O)N(C)Cc2cn(-c3ccn(C)c(=O)c3)nn2)c2[nH]ncc2c1. The predicted molar refractivity (Wildman–Crippen MR) is 106 cm³/mol. The Kier molecular flexibility index (Phi) is 4.55. The van der Waals surface area contributed by atoms with Crippen LogP contribution >= 0.6 is 0 Å². The number of nitrogens with zero attached hydrogens (tertiary/aromatic N) is 6. The van der Waals surface area contributed by atoms with Gasteiger partial charge in [0.15, 0.2) is 0 Å². The minimum atomic E-state index is -3.79. The summed E-state index contributed by atoms with van der Waals surface area (Å²) in [6.07, 6.45) is 4.82. The van der Waals surface area contributed by atoms with Crippen LogP contribution in [0.4, 0.5) is 0 Å². The van der Waals surface area contributed by atoms with Crippen molar-refractivity contribution in [3.05, 3.63) is 64.5 Å². The number of aromatic amines is 1. The Bertz CT molecular complexity index is 1370. The Morgan fingerprint density at radius 3 is 2.79 bits per heavy atom. The lowest BCUT2D eigenvalue weighted by molar-refractivity contribution is 0.462. The summed E-state index contributed by atoms with van der Waals surface area (Å²) in [5.41, 5.74) is 2.11. The van der Waals surface area contributed by atoms with Gasteiger partial charge in [0.1, 0.15) is 4.90 Å². The Morgan fingerprint density at radius 1 is 1.24 bits per heavy atom. The second-order valence-corrected chi connectivity index (χ2v) is 8.86. The number of pyridine rings is 1. The summed E-state index contributed by atoms with van der Waals surface area (Å²) in [7, 11) is -0.655. The van der Waals surface area contributed by atoms with Gasteiger partial charge in [-0.25, -0.2) is 13.1 Å². The van der Waals surface area contributed by atoms with Gasteiger partial charge in [-0.3, -0.25) is 9.89 Å². The zero-order valence-electron chi connectivity index (χ0n) is 16.1. The van der Waals surface area contributed by atoms with E-state index in [1.54, 1.807) is 37.8 Å². The summed E-state index contributed by atoms with van der Waals surface area (Å²) < 4.78 is 30.4. The van der Waals surface area contributed by atoms with E-state index in [0.29, 0.717) is 16.9 Å². The van der Waals surface area contributed by atoms with E-state index in [1.165, 1.54) is 26.7 Å². The second kappa shape index (κ2) is 6.94. The summed E-state index contributed by atoms with van der Waals surface area (Å²) in [5, 5.41) is 15.5. The van der Waals surface area contributed by atoms with E-state index in [-0.39, 0.29) is 17.0 Å². The molecule has 0 atom stereocenters. The number of sulfonamides is 1. The van der Waals surface area contributed by atoms with Crippen LogP contribution in [0.1, 0.15) is 11.3 Å². The van der Waals surface area contributed by atoms with Crippen molar-refractivity contribution in [2.45, 2.75) is 18.4 Å². The van der Waals surface area contributed by atoms with Gasteiger partial charge in [0.05, 0.1) is 35.8 Å². The standard InChI is InChI=1S/C18H19N7O3S/c1-12-6-13-9-19-21-18(13)16(7-12)29(27,28)24(3)10-14-11-25(22-20-14)15-4-5-23(2)17(26)8-15/h4-9,11H,10H2,1-3H3,(H,19,21). The molecular formula is C18H19N7O3S. The Hall–Kier alpha value is -3.31. The van der Waals surface area contributed by atoms with Gasteiger partial charge in [-0.2, -0.15) is 9.40 Å². The maximum Gasteiger partial charge on any atom is 0.252 e. The van der Waals surface area contributed by atoms with Crippen molar-refractivity contribution in [3.8, 4) is 5.69 Å². The van der Waals surface area contributed by atoms with Crippen molar-refractivity contribution >= 4 is 20.9 Å². The molecule has 0 fully saturated rings. The van der Waals surface area contributed by atoms with E-state index in [0.717, 1.165) is 10.9 Å². The maximum atomic E-state index is 13.1. The molecule has 1 N–H and O–H groups in total. The molecule has 0 aliphatic carbocycles. The van der Waals surface area contributed by atoms with E-state index in [1.807, 2.05) is 13.0 Å². The van der Waals surface area contributed by atoms with Crippen molar-refractivity contribution in [2.75, 3.05) is 7.05 Å². The number of nitrogens with one attached hydrogen (secondary N) is 1. The number of fused-ring (bicyclic) bond motifs is 1. The molecule has 10 nitrogen and oxygen atoms in total. The average molecular weight is 413 g/mol. The molecule has 3 heterocycles. The van der Waals surface area contributed by atoms with Gasteiger partial charge in [-0.05, 0) is 30.7 Å². The van der Waals surface area contributed by atoms with Gasteiger partial charge in [-0.1, -0.05) is 5.21 Å². The Morgan fingerprint density at radius 2 is 2.03 bits per heavy atom. The Balaban J connectivity index is 1.63. The fourth-order valence-electron chi connectivity index (χ4n) is 3.03. The summed E-state index contributed by atoms with van der Waals surface area (Å²) >= 11 is 0. The molecular weight excluding hydrogens is 394 g/mol. The molecule has 0 saturated heterocycles. The molecule has 0 unspecified atom stereocenters. The van der Waals surface area contributed by atoms with Crippen molar-refractivity contribution in [3.63, 3.8) is 0 Å².